The second-order valence-corrected chi connectivity index (χ2v) is 7.43. The van der Waals surface area contributed by atoms with Crippen molar-refractivity contribution < 1.29 is 19.1 Å². The van der Waals surface area contributed by atoms with E-state index in [4.69, 9.17) is 9.47 Å². The molecule has 2 atom stereocenters. The fourth-order valence-electron chi connectivity index (χ4n) is 4.11. The number of carbonyl (C=O) groups is 2. The van der Waals surface area contributed by atoms with E-state index in [0.717, 1.165) is 33.5 Å². The normalized spacial score (nSPS) is 17.4. The number of aryl methyl sites for hydroxylation is 1. The Morgan fingerprint density at radius 3 is 2.76 bits per heavy atom. The van der Waals surface area contributed by atoms with Crippen LogP contribution in [-0.2, 0) is 16.0 Å². The lowest BCUT2D eigenvalue weighted by Gasteiger charge is -2.23. The van der Waals surface area contributed by atoms with Crippen LogP contribution in [-0.4, -0.2) is 41.6 Å². The van der Waals surface area contributed by atoms with Gasteiger partial charge in [-0.15, -0.1) is 0 Å². The van der Waals surface area contributed by atoms with Gasteiger partial charge in [0, 0.05) is 16.6 Å². The highest BCUT2D eigenvalue weighted by atomic mass is 16.6. The molecule has 4 rings (SSSR count). The number of amides is 2. The molecular weight excluding hydrogens is 368 g/mol. The van der Waals surface area contributed by atoms with Crippen LogP contribution in [0.1, 0.15) is 29.7 Å². The van der Waals surface area contributed by atoms with Gasteiger partial charge in [0.15, 0.2) is 0 Å². The SMILES string of the molecule is COc1ccc2[nH]c(C)c(C(C)C(=O)N3C(=O)OC[C@H]3Cc3ccccc3)c2c1. The minimum atomic E-state index is -0.571. The fourth-order valence-corrected chi connectivity index (χ4v) is 4.11. The molecule has 0 aliphatic carbocycles. The average Bonchev–Trinajstić information content (AvgIpc) is 3.25. The molecule has 0 bridgehead atoms. The average molecular weight is 392 g/mol. The molecule has 0 saturated carbocycles. The van der Waals surface area contributed by atoms with Crippen LogP contribution < -0.4 is 4.74 Å². The van der Waals surface area contributed by atoms with E-state index in [0.29, 0.717) is 6.42 Å². The topological polar surface area (TPSA) is 71.6 Å². The number of aromatic nitrogens is 1. The number of ether oxygens (including phenoxy) is 2. The standard InChI is InChI=1S/C23H24N2O4/c1-14(21-15(2)24-20-10-9-18(28-3)12-19(20)21)22(26)25-17(13-29-23(25)27)11-16-7-5-4-6-8-16/h4-10,12,14,17,24H,11,13H2,1-3H3/t14?,17-/m1/s1. The summed E-state index contributed by atoms with van der Waals surface area (Å²) in [5.74, 6) is -0.0278. The summed E-state index contributed by atoms with van der Waals surface area (Å²) in [7, 11) is 1.61. The molecule has 3 aromatic rings. The molecule has 1 N–H and O–H groups in total. The third-order valence-corrected chi connectivity index (χ3v) is 5.56. The van der Waals surface area contributed by atoms with Gasteiger partial charge in [0.1, 0.15) is 12.4 Å². The van der Waals surface area contributed by atoms with Gasteiger partial charge in [0.05, 0.1) is 19.1 Å². The van der Waals surface area contributed by atoms with Gasteiger partial charge in [0.2, 0.25) is 5.91 Å². The first kappa shape index (κ1) is 19.1. The lowest BCUT2D eigenvalue weighted by molar-refractivity contribution is -0.130. The third kappa shape index (κ3) is 3.46. The summed E-state index contributed by atoms with van der Waals surface area (Å²) in [6.45, 7) is 3.99. The molecule has 2 amide bonds. The predicted octanol–water partition coefficient (Wildman–Crippen LogP) is 4.18. The number of methoxy groups -OCH3 is 1. The molecule has 2 aromatic carbocycles. The summed E-state index contributed by atoms with van der Waals surface area (Å²) in [5.41, 5.74) is 3.78. The summed E-state index contributed by atoms with van der Waals surface area (Å²) < 4.78 is 10.6. The van der Waals surface area contributed by atoms with Crippen LogP contribution in [0.3, 0.4) is 0 Å². The largest absolute Gasteiger partial charge is 0.497 e. The number of carbonyl (C=O) groups excluding carboxylic acids is 2. The Labute approximate surface area is 169 Å². The number of H-pyrrole nitrogens is 1. The van der Waals surface area contributed by atoms with Crippen molar-refractivity contribution in [1.82, 2.24) is 9.88 Å². The number of benzene rings is 2. The van der Waals surface area contributed by atoms with E-state index in [1.165, 1.54) is 4.90 Å². The van der Waals surface area contributed by atoms with Crippen LogP contribution in [0.25, 0.3) is 10.9 Å². The van der Waals surface area contributed by atoms with Gasteiger partial charge in [-0.3, -0.25) is 4.79 Å². The van der Waals surface area contributed by atoms with E-state index in [2.05, 4.69) is 4.98 Å². The minimum Gasteiger partial charge on any atom is -0.497 e. The van der Waals surface area contributed by atoms with E-state index in [9.17, 15) is 9.59 Å². The number of nitrogens with zero attached hydrogens (tertiary/aromatic N) is 1. The number of imide groups is 1. The van der Waals surface area contributed by atoms with E-state index in [1.54, 1.807) is 7.11 Å². The Morgan fingerprint density at radius 1 is 1.28 bits per heavy atom. The van der Waals surface area contributed by atoms with Gasteiger partial charge >= 0.3 is 6.09 Å². The van der Waals surface area contributed by atoms with Gasteiger partial charge < -0.3 is 14.5 Å². The summed E-state index contributed by atoms with van der Waals surface area (Å²) in [6, 6.07) is 15.2. The van der Waals surface area contributed by atoms with Crippen LogP contribution in [0, 0.1) is 6.92 Å². The van der Waals surface area contributed by atoms with E-state index < -0.39 is 12.0 Å². The number of nitrogens with one attached hydrogen (secondary N) is 1. The Hall–Kier alpha value is -3.28. The zero-order valence-electron chi connectivity index (χ0n) is 16.8. The molecule has 0 radical (unpaired) electrons. The maximum Gasteiger partial charge on any atom is 0.417 e. The van der Waals surface area contributed by atoms with Gasteiger partial charge in [-0.2, -0.15) is 0 Å². The van der Waals surface area contributed by atoms with Crippen molar-refractivity contribution in [1.29, 1.82) is 0 Å². The van der Waals surface area contributed by atoms with E-state index in [1.807, 2.05) is 62.4 Å². The quantitative estimate of drug-likeness (QED) is 0.707. The minimum absolute atomic E-state index is 0.215. The van der Waals surface area contributed by atoms with Gasteiger partial charge in [-0.1, -0.05) is 30.3 Å². The highest BCUT2D eigenvalue weighted by Crippen LogP contribution is 2.34. The molecule has 1 aromatic heterocycles. The van der Waals surface area contributed by atoms with Crippen molar-refractivity contribution in [2.45, 2.75) is 32.2 Å². The molecule has 6 heteroatoms. The molecule has 6 nitrogen and oxygen atoms in total. The summed E-state index contributed by atoms with van der Waals surface area (Å²) >= 11 is 0. The zero-order valence-corrected chi connectivity index (χ0v) is 16.8. The smallest absolute Gasteiger partial charge is 0.417 e. The molecule has 1 aliphatic rings. The maximum atomic E-state index is 13.4. The van der Waals surface area contributed by atoms with Crippen LogP contribution in [0.4, 0.5) is 4.79 Å². The summed E-state index contributed by atoms with van der Waals surface area (Å²) in [6.07, 6.45) is 0.00370. The van der Waals surface area contributed by atoms with Crippen molar-refractivity contribution in [2.75, 3.05) is 13.7 Å². The fraction of sp³-hybridized carbons (Fsp3) is 0.304. The number of rotatable bonds is 5. The highest BCUT2D eigenvalue weighted by Gasteiger charge is 2.40. The summed E-state index contributed by atoms with van der Waals surface area (Å²) in [5, 5.41) is 0.926. The number of cyclic esters (lactones) is 1. The monoisotopic (exact) mass is 392 g/mol. The van der Waals surface area contributed by atoms with Crippen molar-refractivity contribution in [3.63, 3.8) is 0 Å². The zero-order chi connectivity index (χ0) is 20.5. The highest BCUT2D eigenvalue weighted by molar-refractivity contribution is 6.00. The van der Waals surface area contributed by atoms with E-state index >= 15 is 0 Å². The Bertz CT molecular complexity index is 1060. The molecular formula is C23H24N2O4. The number of hydrogen-bond donors (Lipinski definition) is 1. The molecule has 2 heterocycles. The van der Waals surface area contributed by atoms with Crippen molar-refractivity contribution >= 4 is 22.9 Å². The first-order valence-electron chi connectivity index (χ1n) is 9.69. The Morgan fingerprint density at radius 2 is 2.03 bits per heavy atom. The predicted molar refractivity (Wildman–Crippen MR) is 110 cm³/mol. The van der Waals surface area contributed by atoms with Crippen LogP contribution in [0.5, 0.6) is 5.75 Å². The van der Waals surface area contributed by atoms with Gasteiger partial charge in [-0.25, -0.2) is 9.69 Å². The molecule has 0 spiro atoms. The summed E-state index contributed by atoms with van der Waals surface area (Å²) in [4.78, 5) is 30.4. The second kappa shape index (κ2) is 7.62. The molecule has 1 unspecified atom stereocenters. The van der Waals surface area contributed by atoms with Crippen LogP contribution >= 0.6 is 0 Å². The first-order valence-corrected chi connectivity index (χ1v) is 9.69. The third-order valence-electron chi connectivity index (χ3n) is 5.56. The Balaban J connectivity index is 1.65. The van der Waals surface area contributed by atoms with Gasteiger partial charge in [0.25, 0.3) is 0 Å². The van der Waals surface area contributed by atoms with Crippen molar-refractivity contribution in [3.05, 3.63) is 65.4 Å². The number of hydrogen-bond acceptors (Lipinski definition) is 4. The lowest BCUT2D eigenvalue weighted by Crippen LogP contribution is -2.42. The molecule has 1 fully saturated rings. The Kier molecular flexibility index (Phi) is 5.01. The lowest BCUT2D eigenvalue weighted by atomic mass is 9.95. The van der Waals surface area contributed by atoms with E-state index in [-0.39, 0.29) is 18.6 Å². The van der Waals surface area contributed by atoms with Gasteiger partial charge in [-0.05, 0) is 49.6 Å². The van der Waals surface area contributed by atoms with Crippen LogP contribution in [0.2, 0.25) is 0 Å². The number of aromatic amines is 1. The molecule has 29 heavy (non-hydrogen) atoms. The number of fused-ring (bicyclic) bond motifs is 1. The van der Waals surface area contributed by atoms with Crippen LogP contribution in [0.15, 0.2) is 48.5 Å². The maximum absolute atomic E-state index is 13.4. The first-order chi connectivity index (χ1) is 14.0. The molecule has 1 saturated heterocycles. The molecule has 150 valence electrons. The second-order valence-electron chi connectivity index (χ2n) is 7.43. The van der Waals surface area contributed by atoms with Crippen molar-refractivity contribution in [2.24, 2.45) is 0 Å². The molecule has 1 aliphatic heterocycles. The van der Waals surface area contributed by atoms with Crippen molar-refractivity contribution in [3.8, 4) is 5.75 Å².